The van der Waals surface area contributed by atoms with Crippen LogP contribution in [0.4, 0.5) is 0 Å². The van der Waals surface area contributed by atoms with Gasteiger partial charge in [0.15, 0.2) is 0 Å². The van der Waals surface area contributed by atoms with Gasteiger partial charge in [0.1, 0.15) is 0 Å². The Kier molecular flexibility index (Phi) is 4.82. The van der Waals surface area contributed by atoms with Crippen LogP contribution in [0.15, 0.2) is 30.3 Å². The minimum absolute atomic E-state index is 0.664. The Bertz CT molecular complexity index is 454. The molecule has 1 aromatic carbocycles. The van der Waals surface area contributed by atoms with Crippen molar-refractivity contribution in [3.8, 4) is 0 Å². The molecule has 0 aliphatic heterocycles. The average molecular weight is 254 g/mol. The summed E-state index contributed by atoms with van der Waals surface area (Å²) in [6, 6.07) is 7.58. The summed E-state index contributed by atoms with van der Waals surface area (Å²) in [5.74, 6) is 0. The quantitative estimate of drug-likeness (QED) is 0.598. The van der Waals surface area contributed by atoms with Gasteiger partial charge in [0.25, 0.3) is 5.52 Å². The van der Waals surface area contributed by atoms with E-state index in [0.717, 1.165) is 11.1 Å². The van der Waals surface area contributed by atoms with Crippen LogP contribution in [-0.2, 0) is 18.4 Å². The topological polar surface area (TPSA) is 52.6 Å². The van der Waals surface area contributed by atoms with Crippen LogP contribution in [0.1, 0.15) is 11.1 Å². The van der Waals surface area contributed by atoms with Crippen molar-refractivity contribution < 1.29 is 18.4 Å². The molecule has 0 amide bonds. The van der Waals surface area contributed by atoms with Crippen molar-refractivity contribution >= 4 is 19.2 Å². The lowest BCUT2D eigenvalue weighted by molar-refractivity contribution is -0.109. The maximum absolute atomic E-state index is 11.7. The van der Waals surface area contributed by atoms with Crippen LogP contribution >= 0.6 is 7.60 Å². The molecule has 4 nitrogen and oxygen atoms in total. The van der Waals surface area contributed by atoms with Crippen LogP contribution in [-0.4, -0.2) is 19.7 Å². The summed E-state index contributed by atoms with van der Waals surface area (Å²) >= 11 is 0. The molecular weight excluding hydrogens is 239 g/mol. The molecule has 0 N–H and O–H groups in total. The Hall–Kier alpha value is -1.22. The van der Waals surface area contributed by atoms with Crippen molar-refractivity contribution in [2.24, 2.45) is 0 Å². The zero-order valence-corrected chi connectivity index (χ0v) is 10.9. The van der Waals surface area contributed by atoms with Crippen molar-refractivity contribution in [3.05, 3.63) is 41.5 Å². The summed E-state index contributed by atoms with van der Waals surface area (Å²) in [5.41, 5.74) is 1.32. The molecule has 1 rings (SSSR count). The van der Waals surface area contributed by atoms with Crippen molar-refractivity contribution in [1.82, 2.24) is 0 Å². The molecule has 0 radical (unpaired) electrons. The van der Waals surface area contributed by atoms with E-state index >= 15 is 0 Å². The second-order valence-corrected chi connectivity index (χ2v) is 5.61. The smallest absolute Gasteiger partial charge is 0.306 e. The zero-order chi connectivity index (χ0) is 12.9. The van der Waals surface area contributed by atoms with Crippen LogP contribution in [0.2, 0.25) is 0 Å². The van der Waals surface area contributed by atoms with Crippen LogP contribution < -0.4 is 0 Å². The number of allylic oxidation sites excluding steroid dienone is 1. The lowest BCUT2D eigenvalue weighted by Gasteiger charge is -2.08. The Labute approximate surface area is 101 Å². The predicted molar refractivity (Wildman–Crippen MR) is 66.8 cm³/mol. The fourth-order valence-corrected chi connectivity index (χ4v) is 1.96. The summed E-state index contributed by atoms with van der Waals surface area (Å²) in [5, 5.41) is 0. The molecule has 1 aromatic rings. The molecule has 17 heavy (non-hydrogen) atoms. The normalized spacial score (nSPS) is 11.9. The molecule has 0 heterocycles. The lowest BCUT2D eigenvalue weighted by atomic mass is 10.1. The molecule has 0 aliphatic carbocycles. The first kappa shape index (κ1) is 13.8. The zero-order valence-electron chi connectivity index (χ0n) is 10.0. The Morgan fingerprint density at radius 3 is 2.18 bits per heavy atom. The van der Waals surface area contributed by atoms with E-state index in [-0.39, 0.29) is 0 Å². The summed E-state index contributed by atoms with van der Waals surface area (Å²) < 4.78 is 20.9. The average Bonchev–Trinajstić information content (AvgIpc) is 2.36. The summed E-state index contributed by atoms with van der Waals surface area (Å²) in [6.45, 7) is 1.97. The molecule has 0 unspecified atom stereocenters. The fourth-order valence-electron chi connectivity index (χ4n) is 1.19. The van der Waals surface area contributed by atoms with Gasteiger partial charge in [-0.15, -0.1) is 0 Å². The number of carbonyl (C=O) groups excluding carboxylic acids is 1. The number of aryl methyl sites for hydroxylation is 1. The third-order valence-electron chi connectivity index (χ3n) is 2.25. The highest BCUT2D eigenvalue weighted by atomic mass is 31.2. The number of hydrogen-bond donors (Lipinski definition) is 0. The third kappa shape index (κ3) is 3.63. The number of hydrogen-bond acceptors (Lipinski definition) is 4. The maximum Gasteiger partial charge on any atom is 0.400 e. The molecular formula is C12H15O4P. The molecule has 0 saturated carbocycles. The second-order valence-electron chi connectivity index (χ2n) is 3.44. The summed E-state index contributed by atoms with van der Waals surface area (Å²) in [7, 11) is -1.28. The first-order chi connectivity index (χ1) is 8.01. The lowest BCUT2D eigenvalue weighted by Crippen LogP contribution is -1.99. The van der Waals surface area contributed by atoms with Crippen molar-refractivity contribution in [3.63, 3.8) is 0 Å². The van der Waals surface area contributed by atoms with Gasteiger partial charge in [-0.05, 0) is 18.6 Å². The highest BCUT2D eigenvalue weighted by Crippen LogP contribution is 2.47. The molecule has 0 aliphatic rings. The molecule has 0 fully saturated rings. The van der Waals surface area contributed by atoms with Gasteiger partial charge in [0, 0.05) is 14.2 Å². The maximum atomic E-state index is 11.7. The van der Waals surface area contributed by atoms with Crippen molar-refractivity contribution in [1.29, 1.82) is 0 Å². The SMILES string of the molecule is COP(=O)(OC)C(=O)/C=C/c1ccc(C)cc1. The van der Waals surface area contributed by atoms with Gasteiger partial charge >= 0.3 is 7.60 Å². The van der Waals surface area contributed by atoms with E-state index in [0.29, 0.717) is 0 Å². The van der Waals surface area contributed by atoms with Crippen LogP contribution in [0, 0.1) is 6.92 Å². The van der Waals surface area contributed by atoms with Gasteiger partial charge in [-0.1, -0.05) is 35.9 Å². The van der Waals surface area contributed by atoms with Gasteiger partial charge in [0.2, 0.25) is 0 Å². The first-order valence-electron chi connectivity index (χ1n) is 5.02. The molecule has 0 saturated heterocycles. The molecule has 92 valence electrons. The fraction of sp³-hybridized carbons (Fsp3) is 0.250. The Balaban J connectivity index is 2.81. The standard InChI is InChI=1S/C12H15O4P/c1-10-4-6-11(7-5-10)8-9-12(13)17(14,15-2)16-3/h4-9H,1-3H3/b9-8+. The van der Waals surface area contributed by atoms with Crippen LogP contribution in [0.5, 0.6) is 0 Å². The minimum atomic E-state index is -3.64. The van der Waals surface area contributed by atoms with Gasteiger partial charge in [-0.25, -0.2) is 0 Å². The molecule has 0 spiro atoms. The third-order valence-corrected chi connectivity index (χ3v) is 3.90. The highest BCUT2D eigenvalue weighted by Gasteiger charge is 2.29. The van der Waals surface area contributed by atoms with Gasteiger partial charge < -0.3 is 9.05 Å². The van der Waals surface area contributed by atoms with E-state index in [2.05, 4.69) is 9.05 Å². The van der Waals surface area contributed by atoms with Crippen LogP contribution in [0.3, 0.4) is 0 Å². The number of carbonyl (C=O) groups is 1. The van der Waals surface area contributed by atoms with Crippen molar-refractivity contribution in [2.75, 3.05) is 14.2 Å². The van der Waals surface area contributed by atoms with E-state index in [1.165, 1.54) is 20.3 Å². The molecule has 5 heteroatoms. The molecule has 0 bridgehead atoms. The largest absolute Gasteiger partial charge is 0.400 e. The number of rotatable bonds is 5. The van der Waals surface area contributed by atoms with Gasteiger partial charge in [0.05, 0.1) is 0 Å². The first-order valence-corrected chi connectivity index (χ1v) is 6.57. The number of benzene rings is 1. The highest BCUT2D eigenvalue weighted by molar-refractivity contribution is 7.72. The summed E-state index contributed by atoms with van der Waals surface area (Å²) in [6.07, 6.45) is 2.78. The Morgan fingerprint density at radius 2 is 1.71 bits per heavy atom. The second kappa shape index (κ2) is 5.92. The van der Waals surface area contributed by atoms with E-state index in [9.17, 15) is 9.36 Å². The monoisotopic (exact) mass is 254 g/mol. The Morgan fingerprint density at radius 1 is 1.18 bits per heavy atom. The van der Waals surface area contributed by atoms with Crippen molar-refractivity contribution in [2.45, 2.75) is 6.92 Å². The van der Waals surface area contributed by atoms with Crippen LogP contribution in [0.25, 0.3) is 6.08 Å². The van der Waals surface area contributed by atoms with Gasteiger partial charge in [-0.3, -0.25) is 9.36 Å². The van der Waals surface area contributed by atoms with E-state index in [1.54, 1.807) is 6.08 Å². The molecule has 0 atom stereocenters. The minimum Gasteiger partial charge on any atom is -0.306 e. The van der Waals surface area contributed by atoms with E-state index < -0.39 is 13.1 Å². The summed E-state index contributed by atoms with van der Waals surface area (Å²) in [4.78, 5) is 11.6. The van der Waals surface area contributed by atoms with E-state index in [4.69, 9.17) is 0 Å². The van der Waals surface area contributed by atoms with Gasteiger partial charge in [-0.2, -0.15) is 0 Å². The van der Waals surface area contributed by atoms with E-state index in [1.807, 2.05) is 31.2 Å². The molecule has 0 aromatic heterocycles. The predicted octanol–water partition coefficient (Wildman–Crippen LogP) is 3.02.